The van der Waals surface area contributed by atoms with Crippen molar-refractivity contribution >= 4 is 5.96 Å². The largest absolute Gasteiger partial charge is 0.497 e. The van der Waals surface area contributed by atoms with E-state index in [0.29, 0.717) is 30.4 Å². The number of aliphatic imine (C=N–C) groups is 1. The molecule has 9 heteroatoms. The van der Waals surface area contributed by atoms with Gasteiger partial charge in [0.15, 0.2) is 5.96 Å². The number of aromatic nitrogens is 2. The normalized spacial score (nSPS) is 11.5. The average molecular weight is 429 g/mol. The highest BCUT2D eigenvalue weighted by Crippen LogP contribution is 2.26. The second-order valence-corrected chi connectivity index (χ2v) is 6.51. The van der Waals surface area contributed by atoms with Crippen LogP contribution in [0.3, 0.4) is 0 Å². The zero-order valence-electron chi connectivity index (χ0n) is 17.4. The third kappa shape index (κ3) is 6.43. The summed E-state index contributed by atoms with van der Waals surface area (Å²) in [7, 11) is 1.51. The van der Waals surface area contributed by atoms with Crippen LogP contribution in [0.1, 0.15) is 18.3 Å². The first-order valence-electron chi connectivity index (χ1n) is 9.82. The molecule has 0 spiro atoms. The van der Waals surface area contributed by atoms with Gasteiger partial charge in [0.25, 0.3) is 0 Å². The number of benzene rings is 2. The summed E-state index contributed by atoms with van der Waals surface area (Å²) in [6.45, 7) is 0.200. The molecule has 0 bridgehead atoms. The quantitative estimate of drug-likeness (QED) is 0.355. The number of H-pyrrole nitrogens is 1. The van der Waals surface area contributed by atoms with Crippen LogP contribution >= 0.6 is 0 Å². The van der Waals surface area contributed by atoms with Crippen LogP contribution in [0.4, 0.5) is 8.78 Å². The molecule has 0 aliphatic heterocycles. The number of guanidine groups is 1. The molecule has 3 aromatic rings. The summed E-state index contributed by atoms with van der Waals surface area (Å²) < 4.78 is 35.2. The van der Waals surface area contributed by atoms with Gasteiger partial charge in [0.2, 0.25) is 0 Å². The minimum atomic E-state index is -2.92. The van der Waals surface area contributed by atoms with Crippen LogP contribution in [-0.4, -0.2) is 36.2 Å². The Bertz CT molecular complexity index is 993. The average Bonchev–Trinajstić information content (AvgIpc) is 3.26. The number of aromatic amines is 1. The fourth-order valence-corrected chi connectivity index (χ4v) is 2.91. The first-order valence-corrected chi connectivity index (χ1v) is 9.82. The van der Waals surface area contributed by atoms with Crippen molar-refractivity contribution in [3.05, 3.63) is 66.1 Å². The lowest BCUT2D eigenvalue weighted by molar-refractivity contribution is -0.0504. The molecular formula is C22H25F2N5O2. The minimum Gasteiger partial charge on any atom is -0.497 e. The van der Waals surface area contributed by atoms with Crippen LogP contribution < -0.4 is 20.1 Å². The Morgan fingerprint density at radius 3 is 2.68 bits per heavy atom. The van der Waals surface area contributed by atoms with E-state index in [9.17, 15) is 8.78 Å². The van der Waals surface area contributed by atoms with Crippen LogP contribution in [0.2, 0.25) is 0 Å². The van der Waals surface area contributed by atoms with Crippen molar-refractivity contribution in [3.8, 4) is 22.8 Å². The Morgan fingerprint density at radius 2 is 1.97 bits per heavy atom. The van der Waals surface area contributed by atoms with Crippen molar-refractivity contribution in [2.45, 2.75) is 26.6 Å². The minimum absolute atomic E-state index is 0.0638. The Hall–Kier alpha value is -3.62. The number of rotatable bonds is 9. The monoisotopic (exact) mass is 429 g/mol. The Morgan fingerprint density at radius 1 is 1.16 bits per heavy atom. The lowest BCUT2D eigenvalue weighted by atomic mass is 10.2. The molecule has 0 aliphatic rings. The van der Waals surface area contributed by atoms with E-state index < -0.39 is 6.61 Å². The molecule has 0 saturated carbocycles. The van der Waals surface area contributed by atoms with Gasteiger partial charge in [-0.2, -0.15) is 8.78 Å². The van der Waals surface area contributed by atoms with E-state index in [4.69, 9.17) is 4.74 Å². The highest BCUT2D eigenvalue weighted by atomic mass is 19.3. The zero-order valence-corrected chi connectivity index (χ0v) is 17.4. The molecule has 0 saturated heterocycles. The number of hydrogen-bond acceptors (Lipinski definition) is 4. The predicted octanol–water partition coefficient (Wildman–Crippen LogP) is 3.94. The molecule has 7 nitrogen and oxygen atoms in total. The lowest BCUT2D eigenvalue weighted by Crippen LogP contribution is -2.37. The Labute approximate surface area is 179 Å². The molecule has 0 atom stereocenters. The van der Waals surface area contributed by atoms with Crippen molar-refractivity contribution in [2.75, 3.05) is 13.7 Å². The van der Waals surface area contributed by atoms with E-state index in [-0.39, 0.29) is 12.3 Å². The molecule has 164 valence electrons. The first kappa shape index (κ1) is 22.1. The third-order valence-corrected chi connectivity index (χ3v) is 4.37. The molecule has 0 radical (unpaired) electrons. The van der Waals surface area contributed by atoms with Gasteiger partial charge in [0.05, 0.1) is 32.1 Å². The summed E-state index contributed by atoms with van der Waals surface area (Å²) >= 11 is 0. The molecule has 1 heterocycles. The van der Waals surface area contributed by atoms with Gasteiger partial charge in [-0.05, 0) is 30.7 Å². The molecule has 0 fully saturated rings. The molecule has 3 N–H and O–H groups in total. The molecule has 0 aliphatic carbocycles. The lowest BCUT2D eigenvalue weighted by Gasteiger charge is -2.13. The predicted molar refractivity (Wildman–Crippen MR) is 115 cm³/mol. The highest BCUT2D eigenvalue weighted by Gasteiger charge is 2.11. The summed E-state index contributed by atoms with van der Waals surface area (Å²) in [5, 5.41) is 6.31. The van der Waals surface area contributed by atoms with Gasteiger partial charge >= 0.3 is 6.61 Å². The van der Waals surface area contributed by atoms with Gasteiger partial charge in [-0.1, -0.05) is 30.3 Å². The van der Waals surface area contributed by atoms with E-state index in [2.05, 4.69) is 30.3 Å². The molecule has 1 aromatic heterocycles. The first-order chi connectivity index (χ1) is 15.1. The van der Waals surface area contributed by atoms with E-state index in [1.165, 1.54) is 13.2 Å². The van der Waals surface area contributed by atoms with Crippen molar-refractivity contribution in [1.29, 1.82) is 0 Å². The number of nitrogens with zero attached hydrogens (tertiary/aromatic N) is 2. The van der Waals surface area contributed by atoms with Crippen LogP contribution in [0.5, 0.6) is 11.5 Å². The molecule has 0 amide bonds. The van der Waals surface area contributed by atoms with Crippen LogP contribution in [0.15, 0.2) is 59.7 Å². The van der Waals surface area contributed by atoms with Gasteiger partial charge in [0.1, 0.15) is 17.3 Å². The molecule has 2 aromatic carbocycles. The zero-order chi connectivity index (χ0) is 22.1. The summed E-state index contributed by atoms with van der Waals surface area (Å²) in [5.41, 5.74) is 2.46. The topological polar surface area (TPSA) is 83.6 Å². The van der Waals surface area contributed by atoms with Crippen molar-refractivity contribution in [3.63, 3.8) is 0 Å². The fraction of sp³-hybridized carbons (Fsp3) is 0.273. The van der Waals surface area contributed by atoms with Gasteiger partial charge in [-0.3, -0.25) is 0 Å². The Balaban J connectivity index is 1.69. The van der Waals surface area contributed by atoms with Crippen molar-refractivity contribution in [2.24, 2.45) is 4.99 Å². The van der Waals surface area contributed by atoms with E-state index >= 15 is 0 Å². The maximum Gasteiger partial charge on any atom is 0.387 e. The molecular weight excluding hydrogens is 404 g/mol. The third-order valence-electron chi connectivity index (χ3n) is 4.37. The number of hydrogen-bond donors (Lipinski definition) is 3. The van der Waals surface area contributed by atoms with Crippen LogP contribution in [0.25, 0.3) is 11.3 Å². The van der Waals surface area contributed by atoms with Crippen LogP contribution in [-0.2, 0) is 13.1 Å². The van der Waals surface area contributed by atoms with Crippen molar-refractivity contribution in [1.82, 2.24) is 20.6 Å². The number of halogens is 2. The maximum absolute atomic E-state index is 12.7. The van der Waals surface area contributed by atoms with E-state index in [1.807, 2.05) is 37.3 Å². The number of ether oxygens (including phenoxy) is 2. The smallest absolute Gasteiger partial charge is 0.387 e. The van der Waals surface area contributed by atoms with Gasteiger partial charge in [-0.25, -0.2) is 9.98 Å². The summed E-state index contributed by atoms with van der Waals surface area (Å²) in [6, 6.07) is 14.5. The van der Waals surface area contributed by atoms with Crippen molar-refractivity contribution < 1.29 is 18.3 Å². The SMILES string of the molecule is CCNC(=NCc1cc(OC)ccc1OC(F)F)NCc1ncc(-c2ccccc2)[nH]1. The van der Waals surface area contributed by atoms with E-state index in [0.717, 1.165) is 17.1 Å². The maximum atomic E-state index is 12.7. The number of imidazole rings is 1. The van der Waals surface area contributed by atoms with Gasteiger partial charge in [0, 0.05) is 12.1 Å². The number of methoxy groups -OCH3 is 1. The fourth-order valence-electron chi connectivity index (χ4n) is 2.91. The van der Waals surface area contributed by atoms with E-state index in [1.54, 1.807) is 18.3 Å². The standard InChI is InChI=1S/C22H25F2N5O2/c1-3-25-22(27-12-16-11-17(30-2)9-10-19(16)31-21(23)24)28-14-20-26-13-18(29-20)15-7-5-4-6-8-15/h4-11,13,21H,3,12,14H2,1-2H3,(H,26,29)(H2,25,27,28). The van der Waals surface area contributed by atoms with Crippen LogP contribution in [0, 0.1) is 0 Å². The molecule has 31 heavy (non-hydrogen) atoms. The Kier molecular flexibility index (Phi) is 7.80. The summed E-state index contributed by atoms with van der Waals surface area (Å²) in [4.78, 5) is 12.1. The number of alkyl halides is 2. The molecule has 3 rings (SSSR count). The second kappa shape index (κ2) is 11.0. The number of nitrogens with one attached hydrogen (secondary N) is 3. The summed E-state index contributed by atoms with van der Waals surface area (Å²) in [6.07, 6.45) is 1.78. The highest BCUT2D eigenvalue weighted by molar-refractivity contribution is 5.79. The second-order valence-electron chi connectivity index (χ2n) is 6.51. The van der Waals surface area contributed by atoms with Gasteiger partial charge < -0.3 is 25.1 Å². The van der Waals surface area contributed by atoms with Gasteiger partial charge in [-0.15, -0.1) is 0 Å². The summed E-state index contributed by atoms with van der Waals surface area (Å²) in [5.74, 6) is 1.86. The molecule has 0 unspecified atom stereocenters.